The number of hydrogen-bond acceptors (Lipinski definition) is 5. The van der Waals surface area contributed by atoms with Gasteiger partial charge in [0, 0.05) is 19.5 Å². The Morgan fingerprint density at radius 2 is 1.79 bits per heavy atom. The lowest BCUT2D eigenvalue weighted by atomic mass is 10.1. The molecule has 0 rings (SSSR count). The Labute approximate surface area is 173 Å². The van der Waals surface area contributed by atoms with Crippen LogP contribution in [-0.4, -0.2) is 41.9 Å². The molecular weight excluding hydrogens is 376 g/mol. The molecule has 10 nitrogen and oxygen atoms in total. The third-order valence-corrected chi connectivity index (χ3v) is 4.32. The summed E-state index contributed by atoms with van der Waals surface area (Å²) in [7, 11) is 0. The Hall–Kier alpha value is -2.39. The molecule has 0 aromatic carbocycles. The summed E-state index contributed by atoms with van der Waals surface area (Å²) in [6.07, 6.45) is 7.33. The molecule has 0 aliphatic carbocycles. The van der Waals surface area contributed by atoms with Crippen LogP contribution in [0, 0.1) is 16.0 Å². The van der Waals surface area contributed by atoms with E-state index >= 15 is 0 Å². The van der Waals surface area contributed by atoms with Crippen LogP contribution in [0.3, 0.4) is 0 Å². The molecule has 0 fully saturated rings. The van der Waals surface area contributed by atoms with E-state index in [0.29, 0.717) is 31.7 Å². The standard InChI is InChI=1S/C19H38N6O4/c1-4-5-6-7-8-11-17(26)23-16(18(27)21-14-12-15(2)3)10-9-13-22-19(20)24-25(28)29/h15-16H,4-14H2,1-3H3,(H,21,27)(H,23,26)(H3,20,22,24)/t16-/m0/s1. The summed E-state index contributed by atoms with van der Waals surface area (Å²) in [5.41, 5.74) is 7.13. The van der Waals surface area contributed by atoms with Gasteiger partial charge in [-0.3, -0.25) is 9.59 Å². The molecule has 2 amide bonds. The summed E-state index contributed by atoms with van der Waals surface area (Å²) >= 11 is 0. The third kappa shape index (κ3) is 16.3. The minimum Gasteiger partial charge on any atom is -0.365 e. The maximum absolute atomic E-state index is 12.5. The van der Waals surface area contributed by atoms with Crippen molar-refractivity contribution in [1.82, 2.24) is 16.1 Å². The molecule has 0 aliphatic rings. The van der Waals surface area contributed by atoms with E-state index < -0.39 is 11.1 Å². The van der Waals surface area contributed by atoms with Crippen molar-refractivity contribution < 1.29 is 14.6 Å². The van der Waals surface area contributed by atoms with Crippen LogP contribution in [0.25, 0.3) is 0 Å². The number of aliphatic imine (C=N–C) groups is 1. The summed E-state index contributed by atoms with van der Waals surface area (Å²) in [6.45, 7) is 7.06. The van der Waals surface area contributed by atoms with E-state index in [1.54, 1.807) is 5.43 Å². The predicted molar refractivity (Wildman–Crippen MR) is 114 cm³/mol. The number of nitrogens with two attached hydrogens (primary N) is 1. The molecule has 10 heteroatoms. The number of nitrogens with one attached hydrogen (secondary N) is 3. The van der Waals surface area contributed by atoms with Crippen LogP contribution in [-0.2, 0) is 9.59 Å². The second kappa shape index (κ2) is 16.6. The third-order valence-electron chi connectivity index (χ3n) is 4.32. The molecule has 0 saturated carbocycles. The second-order valence-corrected chi connectivity index (χ2v) is 7.54. The fourth-order valence-electron chi connectivity index (χ4n) is 2.66. The molecular formula is C19H38N6O4. The summed E-state index contributed by atoms with van der Waals surface area (Å²) in [5, 5.41) is 15.2. The minimum absolute atomic E-state index is 0.136. The lowest BCUT2D eigenvalue weighted by molar-refractivity contribution is -0.525. The summed E-state index contributed by atoms with van der Waals surface area (Å²) in [4.78, 5) is 38.8. The number of hydrazine groups is 1. The number of guanidine groups is 1. The number of amides is 2. The van der Waals surface area contributed by atoms with Gasteiger partial charge in [0.05, 0.1) is 0 Å². The van der Waals surface area contributed by atoms with Crippen molar-refractivity contribution >= 4 is 17.8 Å². The molecule has 0 bridgehead atoms. The van der Waals surface area contributed by atoms with Crippen LogP contribution in [0.2, 0.25) is 0 Å². The van der Waals surface area contributed by atoms with Gasteiger partial charge in [-0.15, -0.1) is 0 Å². The number of nitrogens with zero attached hydrogens (tertiary/aromatic N) is 2. The van der Waals surface area contributed by atoms with Crippen LogP contribution in [0.1, 0.15) is 78.6 Å². The van der Waals surface area contributed by atoms with Crippen LogP contribution < -0.4 is 21.8 Å². The van der Waals surface area contributed by atoms with Gasteiger partial charge < -0.3 is 16.4 Å². The molecule has 0 saturated heterocycles. The Bertz CT molecular complexity index is 525. The SMILES string of the molecule is CCCCCCCC(=O)N[C@@H](CCCN=C(N)N[N+](=O)[O-])C(=O)NCCC(C)C. The van der Waals surface area contributed by atoms with E-state index in [4.69, 9.17) is 5.73 Å². The molecule has 0 aromatic rings. The summed E-state index contributed by atoms with van der Waals surface area (Å²) < 4.78 is 0. The average Bonchev–Trinajstić information content (AvgIpc) is 2.63. The zero-order chi connectivity index (χ0) is 22.1. The monoisotopic (exact) mass is 414 g/mol. The first-order valence-corrected chi connectivity index (χ1v) is 10.5. The van der Waals surface area contributed by atoms with Crippen molar-refractivity contribution in [1.29, 1.82) is 0 Å². The van der Waals surface area contributed by atoms with Gasteiger partial charge in [0.1, 0.15) is 6.04 Å². The van der Waals surface area contributed by atoms with Gasteiger partial charge in [0.2, 0.25) is 11.8 Å². The molecule has 0 radical (unpaired) electrons. The Morgan fingerprint density at radius 1 is 1.10 bits per heavy atom. The number of nitro groups is 1. The summed E-state index contributed by atoms with van der Waals surface area (Å²) in [5.74, 6) is -0.171. The fraction of sp³-hybridized carbons (Fsp3) is 0.842. The molecule has 0 heterocycles. The largest absolute Gasteiger partial charge is 0.365 e. The number of rotatable bonds is 16. The van der Waals surface area contributed by atoms with Crippen LogP contribution in [0.5, 0.6) is 0 Å². The van der Waals surface area contributed by atoms with Gasteiger partial charge in [-0.25, -0.2) is 15.1 Å². The molecule has 29 heavy (non-hydrogen) atoms. The van der Waals surface area contributed by atoms with Crippen molar-refractivity contribution in [3.63, 3.8) is 0 Å². The number of hydrogen-bond donors (Lipinski definition) is 4. The first-order chi connectivity index (χ1) is 13.8. The molecule has 0 aliphatic heterocycles. The van der Waals surface area contributed by atoms with Gasteiger partial charge in [0.25, 0.3) is 5.96 Å². The van der Waals surface area contributed by atoms with Crippen molar-refractivity contribution in [2.24, 2.45) is 16.6 Å². The Balaban J connectivity index is 4.53. The maximum atomic E-state index is 12.5. The molecule has 168 valence electrons. The highest BCUT2D eigenvalue weighted by atomic mass is 16.7. The number of carbonyl (C=O) groups is 2. The normalized spacial score (nSPS) is 12.5. The van der Waals surface area contributed by atoms with Crippen molar-refractivity contribution in [3.05, 3.63) is 10.1 Å². The topological polar surface area (TPSA) is 152 Å². The second-order valence-electron chi connectivity index (χ2n) is 7.54. The molecule has 0 aromatic heterocycles. The van der Waals surface area contributed by atoms with Crippen LogP contribution in [0.4, 0.5) is 0 Å². The molecule has 5 N–H and O–H groups in total. The quantitative estimate of drug-likeness (QED) is 0.0994. The maximum Gasteiger partial charge on any atom is 0.251 e. The molecule has 1 atom stereocenters. The van der Waals surface area contributed by atoms with Crippen molar-refractivity contribution in [3.8, 4) is 0 Å². The van der Waals surface area contributed by atoms with Crippen molar-refractivity contribution in [2.75, 3.05) is 13.1 Å². The average molecular weight is 415 g/mol. The molecule has 0 unspecified atom stereocenters. The van der Waals surface area contributed by atoms with E-state index in [-0.39, 0.29) is 24.3 Å². The lowest BCUT2D eigenvalue weighted by Gasteiger charge is -2.18. The van der Waals surface area contributed by atoms with Gasteiger partial charge in [-0.1, -0.05) is 51.9 Å². The fourth-order valence-corrected chi connectivity index (χ4v) is 2.66. The van der Waals surface area contributed by atoms with E-state index in [9.17, 15) is 19.7 Å². The molecule has 0 spiro atoms. The highest BCUT2D eigenvalue weighted by molar-refractivity contribution is 5.87. The van der Waals surface area contributed by atoms with Crippen LogP contribution >= 0.6 is 0 Å². The lowest BCUT2D eigenvalue weighted by Crippen LogP contribution is -2.47. The van der Waals surface area contributed by atoms with Gasteiger partial charge >= 0.3 is 0 Å². The number of unbranched alkanes of at least 4 members (excludes halogenated alkanes) is 4. The Morgan fingerprint density at radius 3 is 2.41 bits per heavy atom. The van der Waals surface area contributed by atoms with E-state index in [2.05, 4.69) is 36.4 Å². The number of carbonyl (C=O) groups excluding carboxylic acids is 2. The van der Waals surface area contributed by atoms with E-state index in [0.717, 1.165) is 38.5 Å². The van der Waals surface area contributed by atoms with Crippen LogP contribution in [0.15, 0.2) is 4.99 Å². The zero-order valence-electron chi connectivity index (χ0n) is 18.0. The predicted octanol–water partition coefficient (Wildman–Crippen LogP) is 1.87. The van der Waals surface area contributed by atoms with Crippen molar-refractivity contribution in [2.45, 2.75) is 84.6 Å². The first-order valence-electron chi connectivity index (χ1n) is 10.5. The van der Waals surface area contributed by atoms with Gasteiger partial charge in [-0.05, 0) is 31.6 Å². The van der Waals surface area contributed by atoms with Gasteiger partial charge in [-0.2, -0.15) is 0 Å². The van der Waals surface area contributed by atoms with E-state index in [1.165, 1.54) is 0 Å². The smallest absolute Gasteiger partial charge is 0.251 e. The highest BCUT2D eigenvalue weighted by Gasteiger charge is 2.20. The first kappa shape index (κ1) is 26.6. The zero-order valence-corrected chi connectivity index (χ0v) is 18.0. The van der Waals surface area contributed by atoms with Gasteiger partial charge in [0.15, 0.2) is 5.03 Å². The Kier molecular flexibility index (Phi) is 15.2. The minimum atomic E-state index is -0.787. The summed E-state index contributed by atoms with van der Waals surface area (Å²) in [6, 6.07) is -0.648. The van der Waals surface area contributed by atoms with E-state index in [1.807, 2.05) is 0 Å². The highest BCUT2D eigenvalue weighted by Crippen LogP contribution is 2.06.